The Bertz CT molecular complexity index is 359. The molecule has 6 nitrogen and oxygen atoms in total. The molecule has 1 aliphatic heterocycles. The Hall–Kier alpha value is -1.30. The minimum Gasteiger partial charge on any atom is -0.450 e. The fraction of sp³-hybridized carbons (Fsp3) is 0.857. The molecule has 0 unspecified atom stereocenters. The first-order valence-corrected chi connectivity index (χ1v) is 7.52. The summed E-state index contributed by atoms with van der Waals surface area (Å²) < 4.78 is 4.96. The van der Waals surface area contributed by atoms with Gasteiger partial charge in [0.05, 0.1) is 6.61 Å². The third kappa shape index (κ3) is 3.62. The molecule has 0 bridgehead atoms. The molecule has 20 heavy (non-hydrogen) atoms. The zero-order valence-electron chi connectivity index (χ0n) is 12.3. The predicted octanol–water partition coefficient (Wildman–Crippen LogP) is 0.949. The first-order valence-electron chi connectivity index (χ1n) is 7.52. The van der Waals surface area contributed by atoms with Crippen molar-refractivity contribution in [2.45, 2.75) is 44.6 Å². The number of ether oxygens (including phenoxy) is 1. The van der Waals surface area contributed by atoms with Crippen LogP contribution in [0.15, 0.2) is 0 Å². The van der Waals surface area contributed by atoms with E-state index in [1.807, 2.05) is 4.90 Å². The molecule has 0 atom stereocenters. The molecular weight excluding hydrogens is 258 g/mol. The molecule has 1 saturated carbocycles. The minimum absolute atomic E-state index is 0.123. The van der Waals surface area contributed by atoms with E-state index in [1.54, 1.807) is 11.8 Å². The Morgan fingerprint density at radius 3 is 2.20 bits per heavy atom. The van der Waals surface area contributed by atoms with Crippen LogP contribution >= 0.6 is 0 Å². The Labute approximate surface area is 120 Å². The molecule has 0 aromatic heterocycles. The number of nitrogens with two attached hydrogens (primary N) is 1. The van der Waals surface area contributed by atoms with Gasteiger partial charge in [0, 0.05) is 38.1 Å². The van der Waals surface area contributed by atoms with Crippen LogP contribution < -0.4 is 5.73 Å². The van der Waals surface area contributed by atoms with Crippen LogP contribution in [0.5, 0.6) is 0 Å². The van der Waals surface area contributed by atoms with Gasteiger partial charge < -0.3 is 20.3 Å². The third-order valence-corrected chi connectivity index (χ3v) is 4.26. The number of piperazine rings is 1. The summed E-state index contributed by atoms with van der Waals surface area (Å²) in [6, 6.07) is 0. The second-order valence-electron chi connectivity index (χ2n) is 5.81. The van der Waals surface area contributed by atoms with Gasteiger partial charge in [0.1, 0.15) is 0 Å². The molecular formula is C14H25N3O3. The van der Waals surface area contributed by atoms with Crippen molar-refractivity contribution in [3.05, 3.63) is 0 Å². The van der Waals surface area contributed by atoms with Crippen LogP contribution in [0.3, 0.4) is 0 Å². The van der Waals surface area contributed by atoms with Gasteiger partial charge in [0.15, 0.2) is 0 Å². The van der Waals surface area contributed by atoms with E-state index in [1.165, 1.54) is 0 Å². The summed E-state index contributed by atoms with van der Waals surface area (Å²) in [5.41, 5.74) is 5.95. The zero-order valence-corrected chi connectivity index (χ0v) is 12.3. The van der Waals surface area contributed by atoms with Gasteiger partial charge in [-0.05, 0) is 19.8 Å². The van der Waals surface area contributed by atoms with Crippen molar-refractivity contribution in [1.82, 2.24) is 9.80 Å². The number of carbonyl (C=O) groups is 2. The Morgan fingerprint density at radius 2 is 1.65 bits per heavy atom. The van der Waals surface area contributed by atoms with Crippen LogP contribution in [0.25, 0.3) is 0 Å². The van der Waals surface area contributed by atoms with Crippen LogP contribution in [0.4, 0.5) is 4.79 Å². The smallest absolute Gasteiger partial charge is 0.409 e. The maximum absolute atomic E-state index is 12.3. The number of hydrogen-bond donors (Lipinski definition) is 1. The van der Waals surface area contributed by atoms with Gasteiger partial charge in [0.25, 0.3) is 0 Å². The zero-order chi connectivity index (χ0) is 14.6. The summed E-state index contributed by atoms with van der Waals surface area (Å²) in [5.74, 6) is 0.123. The van der Waals surface area contributed by atoms with Crippen molar-refractivity contribution in [3.63, 3.8) is 0 Å². The highest BCUT2D eigenvalue weighted by molar-refractivity contribution is 5.78. The summed E-state index contributed by atoms with van der Waals surface area (Å²) in [7, 11) is 0. The molecule has 0 aromatic rings. The van der Waals surface area contributed by atoms with Crippen molar-refractivity contribution in [1.29, 1.82) is 0 Å². The monoisotopic (exact) mass is 283 g/mol. The average molecular weight is 283 g/mol. The molecule has 2 rings (SSSR count). The maximum atomic E-state index is 12.3. The molecule has 1 aliphatic carbocycles. The van der Waals surface area contributed by atoms with Crippen LogP contribution in [-0.4, -0.2) is 60.1 Å². The van der Waals surface area contributed by atoms with E-state index in [0.717, 1.165) is 25.7 Å². The minimum atomic E-state index is -0.296. The summed E-state index contributed by atoms with van der Waals surface area (Å²) in [4.78, 5) is 27.3. The van der Waals surface area contributed by atoms with Crippen LogP contribution in [0.1, 0.15) is 39.0 Å². The van der Waals surface area contributed by atoms with E-state index in [-0.39, 0.29) is 17.5 Å². The lowest BCUT2D eigenvalue weighted by atomic mass is 9.94. The second kappa shape index (κ2) is 6.43. The number of nitrogens with zero attached hydrogens (tertiary/aromatic N) is 2. The molecule has 0 spiro atoms. The van der Waals surface area contributed by atoms with Crippen molar-refractivity contribution < 1.29 is 14.3 Å². The molecule has 1 heterocycles. The van der Waals surface area contributed by atoms with E-state index in [4.69, 9.17) is 10.5 Å². The van der Waals surface area contributed by atoms with Crippen LogP contribution in [0.2, 0.25) is 0 Å². The van der Waals surface area contributed by atoms with Gasteiger partial charge >= 0.3 is 6.09 Å². The molecule has 0 aromatic carbocycles. The molecule has 114 valence electrons. The van der Waals surface area contributed by atoms with Gasteiger partial charge in [0.2, 0.25) is 5.91 Å². The van der Waals surface area contributed by atoms with Crippen LogP contribution in [0, 0.1) is 0 Å². The number of amides is 2. The van der Waals surface area contributed by atoms with Gasteiger partial charge in [-0.2, -0.15) is 0 Å². The summed E-state index contributed by atoms with van der Waals surface area (Å²) in [5, 5.41) is 0. The van der Waals surface area contributed by atoms with Gasteiger partial charge in [-0.3, -0.25) is 4.79 Å². The molecule has 2 N–H and O–H groups in total. The number of rotatable bonds is 3. The highest BCUT2D eigenvalue weighted by atomic mass is 16.6. The molecule has 2 amide bonds. The standard InChI is InChI=1S/C14H25N3O3/c1-2-20-13(19)17-9-7-16(8-10-17)12(18)11-14(15)5-3-4-6-14/h2-11,15H2,1H3. The normalized spacial score (nSPS) is 21.9. The van der Waals surface area contributed by atoms with E-state index >= 15 is 0 Å². The van der Waals surface area contributed by atoms with Crippen molar-refractivity contribution in [2.75, 3.05) is 32.8 Å². The predicted molar refractivity (Wildman–Crippen MR) is 75.2 cm³/mol. The Morgan fingerprint density at radius 1 is 1.10 bits per heavy atom. The van der Waals surface area contributed by atoms with E-state index in [0.29, 0.717) is 39.2 Å². The van der Waals surface area contributed by atoms with Crippen molar-refractivity contribution in [2.24, 2.45) is 5.73 Å². The highest BCUT2D eigenvalue weighted by Gasteiger charge is 2.34. The van der Waals surface area contributed by atoms with Gasteiger partial charge in [-0.15, -0.1) is 0 Å². The molecule has 2 fully saturated rings. The molecule has 0 radical (unpaired) electrons. The lowest BCUT2D eigenvalue weighted by Crippen LogP contribution is -2.52. The highest BCUT2D eigenvalue weighted by Crippen LogP contribution is 2.30. The lowest BCUT2D eigenvalue weighted by molar-refractivity contribution is -0.134. The first kappa shape index (κ1) is 15.1. The summed E-state index contributed by atoms with van der Waals surface area (Å²) >= 11 is 0. The Kier molecular flexibility index (Phi) is 4.86. The van der Waals surface area contributed by atoms with E-state index < -0.39 is 0 Å². The van der Waals surface area contributed by atoms with Crippen molar-refractivity contribution >= 4 is 12.0 Å². The fourth-order valence-electron chi connectivity index (χ4n) is 3.02. The molecule has 2 aliphatic rings. The lowest BCUT2D eigenvalue weighted by Gasteiger charge is -2.35. The number of hydrogen-bond acceptors (Lipinski definition) is 4. The number of carbonyl (C=O) groups excluding carboxylic acids is 2. The van der Waals surface area contributed by atoms with Crippen LogP contribution in [-0.2, 0) is 9.53 Å². The quantitative estimate of drug-likeness (QED) is 0.836. The largest absolute Gasteiger partial charge is 0.450 e. The Balaban J connectivity index is 1.78. The third-order valence-electron chi connectivity index (χ3n) is 4.26. The topological polar surface area (TPSA) is 75.9 Å². The van der Waals surface area contributed by atoms with E-state index in [9.17, 15) is 9.59 Å². The van der Waals surface area contributed by atoms with Crippen molar-refractivity contribution in [3.8, 4) is 0 Å². The second-order valence-corrected chi connectivity index (χ2v) is 5.81. The summed E-state index contributed by atoms with van der Waals surface area (Å²) in [6.45, 7) is 4.42. The van der Waals surface area contributed by atoms with Gasteiger partial charge in [-0.1, -0.05) is 12.8 Å². The van der Waals surface area contributed by atoms with Gasteiger partial charge in [-0.25, -0.2) is 4.79 Å². The van der Waals surface area contributed by atoms with E-state index in [2.05, 4.69) is 0 Å². The maximum Gasteiger partial charge on any atom is 0.409 e. The molecule has 1 saturated heterocycles. The first-order chi connectivity index (χ1) is 9.54. The fourth-order valence-corrected chi connectivity index (χ4v) is 3.02. The summed E-state index contributed by atoms with van der Waals surface area (Å²) in [6.07, 6.45) is 4.29. The molecule has 6 heteroatoms. The SMILES string of the molecule is CCOC(=O)N1CCN(C(=O)CC2(N)CCCC2)CC1. The average Bonchev–Trinajstić information content (AvgIpc) is 2.85.